The van der Waals surface area contributed by atoms with E-state index >= 15 is 0 Å². The minimum atomic E-state index is -0.783. The third-order valence-corrected chi connectivity index (χ3v) is 14.7. The van der Waals surface area contributed by atoms with E-state index in [-0.39, 0.29) is 31.1 Å². The van der Waals surface area contributed by atoms with Crippen molar-refractivity contribution < 1.29 is 28.6 Å². The predicted octanol–water partition coefficient (Wildman–Crippen LogP) is 23.9. The molecule has 0 saturated heterocycles. The van der Waals surface area contributed by atoms with E-state index in [1.54, 1.807) is 0 Å². The van der Waals surface area contributed by atoms with Gasteiger partial charge in [-0.1, -0.05) is 316 Å². The van der Waals surface area contributed by atoms with Crippen LogP contribution in [0.25, 0.3) is 0 Å². The molecular formula is C76H128O6. The largest absolute Gasteiger partial charge is 0.462 e. The third kappa shape index (κ3) is 66.6. The van der Waals surface area contributed by atoms with Gasteiger partial charge < -0.3 is 14.2 Å². The summed E-state index contributed by atoms with van der Waals surface area (Å²) < 4.78 is 16.9. The van der Waals surface area contributed by atoms with E-state index in [4.69, 9.17) is 14.2 Å². The molecule has 468 valence electrons. The zero-order valence-electron chi connectivity index (χ0n) is 53.7. The molecule has 0 aliphatic rings. The monoisotopic (exact) mass is 1140 g/mol. The third-order valence-electron chi connectivity index (χ3n) is 14.7. The summed E-state index contributed by atoms with van der Waals surface area (Å²) in [5.41, 5.74) is 0. The van der Waals surface area contributed by atoms with Crippen LogP contribution in [0.1, 0.15) is 323 Å². The van der Waals surface area contributed by atoms with Gasteiger partial charge in [0.1, 0.15) is 13.2 Å². The Balaban J connectivity index is 4.18. The van der Waals surface area contributed by atoms with E-state index in [1.807, 2.05) is 0 Å². The highest BCUT2D eigenvalue weighted by Crippen LogP contribution is 2.17. The summed E-state index contributed by atoms with van der Waals surface area (Å²) in [5.74, 6) is -0.879. The molecule has 0 spiro atoms. The van der Waals surface area contributed by atoms with Crippen molar-refractivity contribution in [3.05, 3.63) is 122 Å². The molecule has 1 unspecified atom stereocenters. The summed E-state index contributed by atoms with van der Waals surface area (Å²) in [7, 11) is 0. The minimum Gasteiger partial charge on any atom is -0.462 e. The number of carbonyl (C=O) groups excluding carboxylic acids is 3. The predicted molar refractivity (Wildman–Crippen MR) is 357 cm³/mol. The average Bonchev–Trinajstić information content (AvgIpc) is 3.48. The molecule has 0 saturated carbocycles. The highest BCUT2D eigenvalue weighted by Gasteiger charge is 2.19. The Morgan fingerprint density at radius 1 is 0.256 bits per heavy atom. The maximum Gasteiger partial charge on any atom is 0.306 e. The van der Waals surface area contributed by atoms with E-state index in [2.05, 4.69) is 142 Å². The lowest BCUT2D eigenvalue weighted by molar-refractivity contribution is -0.167. The van der Waals surface area contributed by atoms with Gasteiger partial charge in [-0.05, 0) is 109 Å². The molecule has 0 fully saturated rings. The lowest BCUT2D eigenvalue weighted by atomic mass is 10.0. The van der Waals surface area contributed by atoms with Gasteiger partial charge in [0.25, 0.3) is 0 Å². The highest BCUT2D eigenvalue weighted by molar-refractivity contribution is 5.71. The number of carbonyl (C=O) groups is 3. The van der Waals surface area contributed by atoms with E-state index in [9.17, 15) is 14.4 Å². The number of unbranched alkanes of at least 4 members (excludes halogenated alkanes) is 31. The Morgan fingerprint density at radius 3 is 0.744 bits per heavy atom. The van der Waals surface area contributed by atoms with Gasteiger partial charge >= 0.3 is 17.9 Å². The maximum absolute atomic E-state index is 12.9. The Hall–Kier alpha value is -4.19. The molecule has 1 atom stereocenters. The first kappa shape index (κ1) is 77.8. The van der Waals surface area contributed by atoms with Crippen LogP contribution in [0.15, 0.2) is 122 Å². The molecule has 0 bridgehead atoms. The standard InChI is InChI=1S/C76H128O6/c1-4-7-10-13-16-19-22-24-26-28-30-32-33-34-35-36-37-38-39-40-41-42-43-45-46-48-50-52-54-57-60-63-66-69-75(78)81-72-73(71-80-74(77)68-65-62-59-56-21-18-15-12-9-6-3)82-76(79)70-67-64-61-58-55-53-51-49-47-44-31-29-27-25-23-20-17-14-11-8-5-2/h7-8,10-11,16-17,19-20,24-27,30-32,34-35,37-38,44,73H,4-6,9,12-15,18,21-23,28-29,33,36,39-43,45-72H2,1-3H3/b10-7-,11-8-,19-16-,20-17-,26-24-,27-25-,32-30-,35-34-,38-37-,44-31-. The van der Waals surface area contributed by atoms with Crippen LogP contribution in [0.2, 0.25) is 0 Å². The summed E-state index contributed by atoms with van der Waals surface area (Å²) in [6.45, 7) is 6.42. The lowest BCUT2D eigenvalue weighted by Crippen LogP contribution is -2.30. The SMILES string of the molecule is CC/C=C\C/C=C\C/C=C\C/C=C\C/C=C\C/C=C\CCCCCCCCCCCCCCCCC(=O)OCC(COC(=O)CCCCCCCCCCCC)OC(=O)CCCCCCCCCC/C=C\C/C=C\C/C=C\C/C=C\CC. The second-order valence-electron chi connectivity index (χ2n) is 22.7. The van der Waals surface area contributed by atoms with Crippen LogP contribution in [-0.2, 0) is 28.6 Å². The number of esters is 3. The number of ether oxygens (including phenoxy) is 3. The quantitative estimate of drug-likeness (QED) is 0.0261. The van der Waals surface area contributed by atoms with Crippen LogP contribution < -0.4 is 0 Å². The Morgan fingerprint density at radius 2 is 0.476 bits per heavy atom. The van der Waals surface area contributed by atoms with Crippen LogP contribution in [-0.4, -0.2) is 37.2 Å². The normalized spacial score (nSPS) is 12.9. The fraction of sp³-hybridized carbons (Fsp3) is 0.697. The average molecular weight is 1140 g/mol. The summed E-state index contributed by atoms with van der Waals surface area (Å²) in [5, 5.41) is 0. The molecule has 6 heteroatoms. The minimum absolute atomic E-state index is 0.0792. The molecule has 0 heterocycles. The van der Waals surface area contributed by atoms with Gasteiger partial charge in [0.15, 0.2) is 6.10 Å². The Bertz CT molecular complexity index is 1690. The first-order valence-electron chi connectivity index (χ1n) is 34.5. The van der Waals surface area contributed by atoms with Crippen molar-refractivity contribution in [2.45, 2.75) is 329 Å². The first-order valence-corrected chi connectivity index (χ1v) is 34.5. The van der Waals surface area contributed by atoms with Gasteiger partial charge in [0.2, 0.25) is 0 Å². The second kappa shape index (κ2) is 69.3. The van der Waals surface area contributed by atoms with Gasteiger partial charge in [-0.25, -0.2) is 0 Å². The Labute approximate surface area is 507 Å². The van der Waals surface area contributed by atoms with Crippen molar-refractivity contribution in [1.29, 1.82) is 0 Å². The van der Waals surface area contributed by atoms with Crippen LogP contribution in [0.5, 0.6) is 0 Å². The van der Waals surface area contributed by atoms with Crippen LogP contribution >= 0.6 is 0 Å². The van der Waals surface area contributed by atoms with Gasteiger partial charge in [-0.15, -0.1) is 0 Å². The van der Waals surface area contributed by atoms with Gasteiger partial charge in [-0.3, -0.25) is 14.4 Å². The van der Waals surface area contributed by atoms with Crippen LogP contribution in [0.3, 0.4) is 0 Å². The summed E-state index contributed by atoms with van der Waals surface area (Å²) in [6.07, 6.45) is 96.6. The molecule has 0 radical (unpaired) electrons. The molecule has 0 aliphatic carbocycles. The van der Waals surface area contributed by atoms with E-state index in [1.165, 1.54) is 154 Å². The lowest BCUT2D eigenvalue weighted by Gasteiger charge is -2.18. The zero-order chi connectivity index (χ0) is 59.2. The molecule has 0 aromatic carbocycles. The van der Waals surface area contributed by atoms with Gasteiger partial charge in [0.05, 0.1) is 0 Å². The molecular weight excluding hydrogens is 1010 g/mol. The van der Waals surface area contributed by atoms with Crippen molar-refractivity contribution >= 4 is 17.9 Å². The molecule has 0 aliphatic heterocycles. The van der Waals surface area contributed by atoms with Crippen molar-refractivity contribution in [1.82, 2.24) is 0 Å². The topological polar surface area (TPSA) is 78.9 Å². The molecule has 6 nitrogen and oxygen atoms in total. The van der Waals surface area contributed by atoms with Crippen LogP contribution in [0, 0.1) is 0 Å². The molecule has 82 heavy (non-hydrogen) atoms. The first-order chi connectivity index (χ1) is 40.5. The Kier molecular flexibility index (Phi) is 65.8. The summed E-state index contributed by atoms with van der Waals surface area (Å²) in [4.78, 5) is 38.3. The second-order valence-corrected chi connectivity index (χ2v) is 22.7. The highest BCUT2D eigenvalue weighted by atomic mass is 16.6. The zero-order valence-corrected chi connectivity index (χ0v) is 53.7. The molecule has 0 N–H and O–H groups in total. The fourth-order valence-electron chi connectivity index (χ4n) is 9.62. The molecule has 0 amide bonds. The van der Waals surface area contributed by atoms with Gasteiger partial charge in [0, 0.05) is 19.3 Å². The van der Waals surface area contributed by atoms with E-state index in [0.29, 0.717) is 19.3 Å². The fourth-order valence-corrected chi connectivity index (χ4v) is 9.62. The number of rotatable bonds is 62. The van der Waals surface area contributed by atoms with Crippen molar-refractivity contribution in [3.8, 4) is 0 Å². The van der Waals surface area contributed by atoms with Gasteiger partial charge in [-0.2, -0.15) is 0 Å². The van der Waals surface area contributed by atoms with E-state index < -0.39 is 6.10 Å². The molecule has 0 aromatic rings. The molecule has 0 rings (SSSR count). The number of hydrogen-bond acceptors (Lipinski definition) is 6. The summed E-state index contributed by atoms with van der Waals surface area (Å²) in [6, 6.07) is 0. The van der Waals surface area contributed by atoms with Crippen molar-refractivity contribution in [2.75, 3.05) is 13.2 Å². The number of allylic oxidation sites excluding steroid dienone is 20. The van der Waals surface area contributed by atoms with E-state index in [0.717, 1.165) is 128 Å². The number of hydrogen-bond donors (Lipinski definition) is 0. The summed E-state index contributed by atoms with van der Waals surface area (Å²) >= 11 is 0. The smallest absolute Gasteiger partial charge is 0.306 e. The molecule has 0 aromatic heterocycles. The van der Waals surface area contributed by atoms with Crippen LogP contribution in [0.4, 0.5) is 0 Å². The van der Waals surface area contributed by atoms with Crippen molar-refractivity contribution in [3.63, 3.8) is 0 Å². The maximum atomic E-state index is 12.9. The van der Waals surface area contributed by atoms with Crippen molar-refractivity contribution in [2.24, 2.45) is 0 Å².